The van der Waals surface area contributed by atoms with Gasteiger partial charge in [-0.3, -0.25) is 4.79 Å². The summed E-state index contributed by atoms with van der Waals surface area (Å²) in [5.74, 6) is 0.273. The van der Waals surface area contributed by atoms with E-state index in [4.69, 9.17) is 9.47 Å². The van der Waals surface area contributed by atoms with Crippen molar-refractivity contribution in [3.63, 3.8) is 0 Å². The predicted octanol–water partition coefficient (Wildman–Crippen LogP) is 1.40. The van der Waals surface area contributed by atoms with Crippen molar-refractivity contribution in [1.82, 2.24) is 15.0 Å². The number of para-hydroxylation sites is 1. The Hall–Kier alpha value is -2.25. The first-order valence-corrected chi connectivity index (χ1v) is 7.28. The number of carbonyl (C=O) groups is 1. The smallest absolute Gasteiger partial charge is 0.251 e. The van der Waals surface area contributed by atoms with Crippen LogP contribution in [0.1, 0.15) is 12.8 Å². The van der Waals surface area contributed by atoms with Gasteiger partial charge in [0.05, 0.1) is 24.6 Å². The molecule has 1 aliphatic rings. The second kappa shape index (κ2) is 7.15. The highest BCUT2D eigenvalue weighted by atomic mass is 16.5. The number of ether oxygens (including phenoxy) is 2. The van der Waals surface area contributed by atoms with E-state index < -0.39 is 0 Å². The van der Waals surface area contributed by atoms with Crippen molar-refractivity contribution in [3.8, 4) is 5.69 Å². The first-order chi connectivity index (χ1) is 10.8. The van der Waals surface area contributed by atoms with Crippen molar-refractivity contribution < 1.29 is 14.3 Å². The Labute approximate surface area is 128 Å². The lowest BCUT2D eigenvalue weighted by Crippen LogP contribution is -2.23. The monoisotopic (exact) mass is 302 g/mol. The van der Waals surface area contributed by atoms with Gasteiger partial charge < -0.3 is 14.8 Å². The molecule has 7 nitrogen and oxygen atoms in total. The van der Waals surface area contributed by atoms with Crippen molar-refractivity contribution in [2.45, 2.75) is 18.9 Å². The molecule has 1 N–H and O–H groups in total. The minimum atomic E-state index is -0.238. The van der Waals surface area contributed by atoms with Crippen LogP contribution in [0.15, 0.2) is 36.5 Å². The summed E-state index contributed by atoms with van der Waals surface area (Å²) >= 11 is 0. The molecule has 1 fully saturated rings. The molecule has 1 atom stereocenters. The van der Waals surface area contributed by atoms with Crippen molar-refractivity contribution in [3.05, 3.63) is 36.5 Å². The standard InChI is InChI=1S/C15H18N4O3/c20-15(11-21-10-13-7-4-8-22-13)17-14-9-16-18-19(14)12-5-2-1-3-6-12/h1-3,5-6,9,13H,4,7-8,10-11H2,(H,17,20). The van der Waals surface area contributed by atoms with Gasteiger partial charge in [-0.15, -0.1) is 5.10 Å². The van der Waals surface area contributed by atoms with E-state index in [1.54, 1.807) is 4.68 Å². The van der Waals surface area contributed by atoms with E-state index >= 15 is 0 Å². The summed E-state index contributed by atoms with van der Waals surface area (Å²) < 4.78 is 12.4. The zero-order chi connectivity index (χ0) is 15.2. The van der Waals surface area contributed by atoms with Crippen LogP contribution in [0.4, 0.5) is 5.82 Å². The molecule has 3 rings (SSSR count). The van der Waals surface area contributed by atoms with Crippen LogP contribution in [0.5, 0.6) is 0 Å². The number of nitrogens with zero attached hydrogens (tertiary/aromatic N) is 3. The predicted molar refractivity (Wildman–Crippen MR) is 79.8 cm³/mol. The maximum Gasteiger partial charge on any atom is 0.251 e. The summed E-state index contributed by atoms with van der Waals surface area (Å²) in [7, 11) is 0. The van der Waals surface area contributed by atoms with Crippen LogP contribution in [0, 0.1) is 0 Å². The van der Waals surface area contributed by atoms with E-state index in [1.807, 2.05) is 30.3 Å². The van der Waals surface area contributed by atoms with Gasteiger partial charge in [0.1, 0.15) is 6.61 Å². The Morgan fingerprint density at radius 3 is 3.05 bits per heavy atom. The molecular weight excluding hydrogens is 284 g/mol. The van der Waals surface area contributed by atoms with Gasteiger partial charge in [0.25, 0.3) is 5.91 Å². The summed E-state index contributed by atoms with van der Waals surface area (Å²) in [6.45, 7) is 1.21. The molecule has 7 heteroatoms. The largest absolute Gasteiger partial charge is 0.376 e. The van der Waals surface area contributed by atoms with Crippen LogP contribution in [0.3, 0.4) is 0 Å². The molecule has 0 saturated carbocycles. The zero-order valence-electron chi connectivity index (χ0n) is 12.1. The molecular formula is C15H18N4O3. The van der Waals surface area contributed by atoms with E-state index in [1.165, 1.54) is 6.20 Å². The fourth-order valence-electron chi connectivity index (χ4n) is 2.32. The quantitative estimate of drug-likeness (QED) is 0.872. The van der Waals surface area contributed by atoms with E-state index in [0.717, 1.165) is 25.1 Å². The molecule has 1 saturated heterocycles. The molecule has 22 heavy (non-hydrogen) atoms. The molecule has 1 amide bonds. The Morgan fingerprint density at radius 1 is 1.41 bits per heavy atom. The van der Waals surface area contributed by atoms with E-state index in [9.17, 15) is 4.79 Å². The average Bonchev–Trinajstić information content (AvgIpc) is 3.20. The molecule has 1 aliphatic heterocycles. The molecule has 0 aliphatic carbocycles. The highest BCUT2D eigenvalue weighted by molar-refractivity contribution is 5.90. The van der Waals surface area contributed by atoms with E-state index in [2.05, 4.69) is 15.6 Å². The third kappa shape index (κ3) is 3.69. The number of aromatic nitrogens is 3. The number of amides is 1. The minimum absolute atomic E-state index is 0.0141. The lowest BCUT2D eigenvalue weighted by Gasteiger charge is -2.10. The molecule has 1 unspecified atom stereocenters. The Bertz CT molecular complexity index is 608. The van der Waals surface area contributed by atoms with Gasteiger partial charge in [-0.1, -0.05) is 23.4 Å². The summed E-state index contributed by atoms with van der Waals surface area (Å²) in [5.41, 5.74) is 0.829. The van der Waals surface area contributed by atoms with Gasteiger partial charge >= 0.3 is 0 Å². The Morgan fingerprint density at radius 2 is 2.27 bits per heavy atom. The maximum absolute atomic E-state index is 11.9. The number of carbonyl (C=O) groups excluding carboxylic acids is 1. The van der Waals surface area contributed by atoms with Gasteiger partial charge in [0.2, 0.25) is 0 Å². The van der Waals surface area contributed by atoms with Crippen molar-refractivity contribution >= 4 is 11.7 Å². The molecule has 2 aromatic rings. The van der Waals surface area contributed by atoms with Crippen LogP contribution in [0.25, 0.3) is 5.69 Å². The maximum atomic E-state index is 11.9. The van der Waals surface area contributed by atoms with Gasteiger partial charge in [0.15, 0.2) is 5.82 Å². The number of anilines is 1. The van der Waals surface area contributed by atoms with Gasteiger partial charge in [0, 0.05) is 6.61 Å². The van der Waals surface area contributed by atoms with Crippen LogP contribution < -0.4 is 5.32 Å². The number of nitrogens with one attached hydrogen (secondary N) is 1. The number of hydrogen-bond donors (Lipinski definition) is 1. The Balaban J connectivity index is 1.52. The molecule has 116 valence electrons. The molecule has 0 radical (unpaired) electrons. The third-order valence-electron chi connectivity index (χ3n) is 3.38. The van der Waals surface area contributed by atoms with Crippen LogP contribution >= 0.6 is 0 Å². The molecule has 0 spiro atoms. The van der Waals surface area contributed by atoms with E-state index in [-0.39, 0.29) is 18.6 Å². The molecule has 1 aromatic heterocycles. The van der Waals surface area contributed by atoms with Crippen molar-refractivity contribution in [2.24, 2.45) is 0 Å². The first kappa shape index (κ1) is 14.7. The van der Waals surface area contributed by atoms with Gasteiger partial charge in [-0.05, 0) is 25.0 Å². The van der Waals surface area contributed by atoms with Crippen LogP contribution in [0.2, 0.25) is 0 Å². The van der Waals surface area contributed by atoms with Crippen molar-refractivity contribution in [2.75, 3.05) is 25.1 Å². The second-order valence-electron chi connectivity index (χ2n) is 5.06. The van der Waals surface area contributed by atoms with Crippen LogP contribution in [-0.2, 0) is 14.3 Å². The van der Waals surface area contributed by atoms with Gasteiger partial charge in [-0.25, -0.2) is 0 Å². The summed E-state index contributed by atoms with van der Waals surface area (Å²) in [5, 5.41) is 10.6. The lowest BCUT2D eigenvalue weighted by atomic mass is 10.2. The fourth-order valence-corrected chi connectivity index (χ4v) is 2.32. The highest BCUT2D eigenvalue weighted by Crippen LogP contribution is 2.13. The van der Waals surface area contributed by atoms with E-state index in [0.29, 0.717) is 12.4 Å². The number of benzene rings is 1. The van der Waals surface area contributed by atoms with Crippen molar-refractivity contribution in [1.29, 1.82) is 0 Å². The topological polar surface area (TPSA) is 78.3 Å². The second-order valence-corrected chi connectivity index (χ2v) is 5.06. The summed E-state index contributed by atoms with van der Waals surface area (Å²) in [6.07, 6.45) is 3.67. The summed E-state index contributed by atoms with van der Waals surface area (Å²) in [4.78, 5) is 11.9. The Kier molecular flexibility index (Phi) is 4.77. The zero-order valence-corrected chi connectivity index (χ0v) is 12.1. The first-order valence-electron chi connectivity index (χ1n) is 7.28. The SMILES string of the molecule is O=C(COCC1CCCO1)Nc1cnnn1-c1ccccc1. The molecule has 2 heterocycles. The molecule has 0 bridgehead atoms. The summed E-state index contributed by atoms with van der Waals surface area (Å²) in [6, 6.07) is 9.48. The van der Waals surface area contributed by atoms with Gasteiger partial charge in [-0.2, -0.15) is 4.68 Å². The normalized spacial score (nSPS) is 17.5. The number of hydrogen-bond acceptors (Lipinski definition) is 5. The average molecular weight is 302 g/mol. The lowest BCUT2D eigenvalue weighted by molar-refractivity contribution is -0.121. The highest BCUT2D eigenvalue weighted by Gasteiger charge is 2.16. The minimum Gasteiger partial charge on any atom is -0.376 e. The number of rotatable bonds is 6. The third-order valence-corrected chi connectivity index (χ3v) is 3.38. The molecule has 1 aromatic carbocycles. The fraction of sp³-hybridized carbons (Fsp3) is 0.400. The van der Waals surface area contributed by atoms with Crippen LogP contribution in [-0.4, -0.2) is 46.8 Å².